The molecule has 3 N–H and O–H groups in total. The first-order chi connectivity index (χ1) is 15.2. The molecule has 0 saturated carbocycles. The lowest BCUT2D eigenvalue weighted by molar-refractivity contribution is 0.0503. The summed E-state index contributed by atoms with van der Waals surface area (Å²) < 4.78 is 42.0. The molecule has 0 radical (unpaired) electrons. The number of nitrogens with one attached hydrogen (secondary N) is 1. The number of aliphatic hydroxyl groups excluding tert-OH is 1. The zero-order valence-electron chi connectivity index (χ0n) is 16.8. The van der Waals surface area contributed by atoms with Crippen LogP contribution in [-0.2, 0) is 6.54 Å². The Bertz CT molecular complexity index is 1140. The molecule has 0 spiro atoms. The van der Waals surface area contributed by atoms with E-state index in [9.17, 15) is 37.8 Å². The van der Waals surface area contributed by atoms with Crippen molar-refractivity contribution in [3.05, 3.63) is 62.8 Å². The molecule has 11 heteroatoms. The monoisotopic (exact) mass is 451 g/mol. The molecule has 2 aromatic rings. The van der Waals surface area contributed by atoms with Gasteiger partial charge in [0.05, 0.1) is 12.1 Å². The van der Waals surface area contributed by atoms with Crippen LogP contribution in [0.4, 0.5) is 13.2 Å². The molecule has 2 amide bonds. The number of aromatic hydroxyl groups is 1. The second kappa shape index (κ2) is 8.30. The van der Waals surface area contributed by atoms with E-state index >= 15 is 0 Å². The van der Waals surface area contributed by atoms with Crippen molar-refractivity contribution >= 4 is 11.8 Å². The zero-order chi connectivity index (χ0) is 23.2. The second-order valence-electron chi connectivity index (χ2n) is 7.94. The Labute approximate surface area is 179 Å². The van der Waals surface area contributed by atoms with E-state index in [0.29, 0.717) is 31.5 Å². The highest BCUT2D eigenvalue weighted by Gasteiger charge is 2.37. The largest absolute Gasteiger partial charge is 0.503 e. The Balaban J connectivity index is 1.68. The molecule has 1 aromatic carbocycles. The summed E-state index contributed by atoms with van der Waals surface area (Å²) in [6.45, 7) is -0.0804. The predicted octanol–water partition coefficient (Wildman–Crippen LogP) is 1.44. The highest BCUT2D eigenvalue weighted by atomic mass is 19.1. The molecule has 2 atom stereocenters. The lowest BCUT2D eigenvalue weighted by atomic mass is 9.97. The van der Waals surface area contributed by atoms with Crippen LogP contribution in [0, 0.1) is 17.5 Å². The van der Waals surface area contributed by atoms with Crippen LogP contribution in [0.25, 0.3) is 0 Å². The van der Waals surface area contributed by atoms with Crippen molar-refractivity contribution in [2.24, 2.45) is 0 Å². The minimum absolute atomic E-state index is 0.234. The maximum atomic E-state index is 13.8. The Kier molecular flexibility index (Phi) is 5.68. The molecule has 32 heavy (non-hydrogen) atoms. The zero-order valence-corrected chi connectivity index (χ0v) is 16.8. The number of aliphatic hydroxyl groups is 1. The number of carbonyl (C=O) groups is 2. The van der Waals surface area contributed by atoms with Crippen LogP contribution < -0.4 is 10.7 Å². The Morgan fingerprint density at radius 1 is 1.19 bits per heavy atom. The van der Waals surface area contributed by atoms with Crippen LogP contribution in [0.1, 0.15) is 51.7 Å². The number of aromatic nitrogens is 1. The average Bonchev–Trinajstić information content (AvgIpc) is 2.70. The van der Waals surface area contributed by atoms with E-state index in [2.05, 4.69) is 5.32 Å². The van der Waals surface area contributed by atoms with Gasteiger partial charge in [0.25, 0.3) is 11.8 Å². The molecule has 170 valence electrons. The molecule has 1 unspecified atom stereocenters. The molecule has 2 aliphatic rings. The minimum atomic E-state index is -1.21. The lowest BCUT2D eigenvalue weighted by Gasteiger charge is -2.39. The molecular weight excluding hydrogens is 431 g/mol. The fourth-order valence-electron chi connectivity index (χ4n) is 4.19. The third-order valence-corrected chi connectivity index (χ3v) is 5.81. The van der Waals surface area contributed by atoms with E-state index < -0.39 is 70.3 Å². The lowest BCUT2D eigenvalue weighted by Crippen LogP contribution is -2.47. The quantitative estimate of drug-likeness (QED) is 0.654. The highest BCUT2D eigenvalue weighted by Crippen LogP contribution is 2.31. The molecule has 4 rings (SSSR count). The Hall–Kier alpha value is -3.34. The summed E-state index contributed by atoms with van der Waals surface area (Å²) >= 11 is 0. The number of hydrogen-bond donors (Lipinski definition) is 3. The van der Waals surface area contributed by atoms with Crippen molar-refractivity contribution in [3.8, 4) is 5.75 Å². The SMILES string of the molecule is O=C(NCc1c(F)cc(F)cc1F)c1cn2c(c(O)c1=O)C(=O)N1CCCC(O)C[C@H]2C1. The normalized spacial score (nSPS) is 20.4. The fourth-order valence-corrected chi connectivity index (χ4v) is 4.19. The minimum Gasteiger partial charge on any atom is -0.503 e. The molecule has 0 aliphatic carbocycles. The number of amides is 2. The summed E-state index contributed by atoms with van der Waals surface area (Å²) in [6.07, 6.45) is 1.74. The standard InChI is InChI=1S/C21H20F3N3O5/c22-10-4-15(23)13(16(24)5-10)7-25-20(31)14-9-27-11-6-12(28)2-1-3-26(8-11)21(32)17(27)19(30)18(14)29/h4-5,9,11-12,28,30H,1-3,6-8H2,(H,25,31)/t11-,12?/m0/s1. The number of nitrogens with zero attached hydrogens (tertiary/aromatic N) is 2. The first kappa shape index (κ1) is 21.9. The van der Waals surface area contributed by atoms with Gasteiger partial charge in [0.2, 0.25) is 5.43 Å². The molecular formula is C21H20F3N3O5. The van der Waals surface area contributed by atoms with E-state index in [1.165, 1.54) is 9.47 Å². The van der Waals surface area contributed by atoms with Gasteiger partial charge in [0.1, 0.15) is 23.0 Å². The number of halogens is 3. The number of rotatable bonds is 3. The molecule has 8 nitrogen and oxygen atoms in total. The molecule has 1 fully saturated rings. The van der Waals surface area contributed by atoms with E-state index in [1.807, 2.05) is 0 Å². The van der Waals surface area contributed by atoms with Crippen molar-refractivity contribution in [2.75, 3.05) is 13.1 Å². The van der Waals surface area contributed by atoms with E-state index in [1.54, 1.807) is 0 Å². The smallest absolute Gasteiger partial charge is 0.274 e. The summed E-state index contributed by atoms with van der Waals surface area (Å²) in [5.74, 6) is -6.04. The molecule has 2 bridgehead atoms. The van der Waals surface area contributed by atoms with Crippen molar-refractivity contribution in [1.82, 2.24) is 14.8 Å². The third kappa shape index (κ3) is 3.83. The first-order valence-electron chi connectivity index (χ1n) is 10.0. The van der Waals surface area contributed by atoms with Crippen molar-refractivity contribution in [1.29, 1.82) is 0 Å². The Morgan fingerprint density at radius 2 is 1.88 bits per heavy atom. The maximum absolute atomic E-state index is 13.8. The number of benzene rings is 1. The van der Waals surface area contributed by atoms with Crippen molar-refractivity contribution < 1.29 is 33.0 Å². The van der Waals surface area contributed by atoms with Gasteiger partial charge < -0.3 is 25.0 Å². The molecule has 2 aliphatic heterocycles. The number of carbonyl (C=O) groups excluding carboxylic acids is 2. The van der Waals surface area contributed by atoms with Gasteiger partial charge in [-0.25, -0.2) is 13.2 Å². The Morgan fingerprint density at radius 3 is 2.56 bits per heavy atom. The van der Waals surface area contributed by atoms with Gasteiger partial charge in [-0.05, 0) is 19.3 Å². The second-order valence-corrected chi connectivity index (χ2v) is 7.94. The summed E-state index contributed by atoms with van der Waals surface area (Å²) in [5.41, 5.74) is -2.52. The van der Waals surface area contributed by atoms with E-state index in [0.717, 1.165) is 6.20 Å². The highest BCUT2D eigenvalue weighted by molar-refractivity contribution is 5.99. The summed E-state index contributed by atoms with van der Waals surface area (Å²) in [4.78, 5) is 39.5. The van der Waals surface area contributed by atoms with Gasteiger partial charge in [-0.2, -0.15) is 0 Å². The molecule has 3 heterocycles. The van der Waals surface area contributed by atoms with Crippen LogP contribution in [-0.4, -0.2) is 50.7 Å². The van der Waals surface area contributed by atoms with Crippen LogP contribution in [0.3, 0.4) is 0 Å². The average molecular weight is 451 g/mol. The van der Waals surface area contributed by atoms with Gasteiger partial charge in [-0.1, -0.05) is 0 Å². The van der Waals surface area contributed by atoms with Gasteiger partial charge in [-0.15, -0.1) is 0 Å². The fraction of sp³-hybridized carbons (Fsp3) is 0.381. The van der Waals surface area contributed by atoms with Gasteiger partial charge >= 0.3 is 0 Å². The summed E-state index contributed by atoms with van der Waals surface area (Å²) in [7, 11) is 0. The maximum Gasteiger partial charge on any atom is 0.274 e. The van der Waals surface area contributed by atoms with Gasteiger partial charge in [0, 0.05) is 43.5 Å². The number of pyridine rings is 1. The van der Waals surface area contributed by atoms with Gasteiger partial charge in [0.15, 0.2) is 11.4 Å². The summed E-state index contributed by atoms with van der Waals surface area (Å²) in [6, 6.07) is 0.436. The van der Waals surface area contributed by atoms with Crippen LogP contribution in [0.2, 0.25) is 0 Å². The summed E-state index contributed by atoms with van der Waals surface area (Å²) in [5, 5.41) is 22.8. The number of fused-ring (bicyclic) bond motifs is 4. The van der Waals surface area contributed by atoms with Crippen LogP contribution in [0.5, 0.6) is 5.75 Å². The van der Waals surface area contributed by atoms with Crippen molar-refractivity contribution in [3.63, 3.8) is 0 Å². The first-order valence-corrected chi connectivity index (χ1v) is 10.0. The topological polar surface area (TPSA) is 112 Å². The predicted molar refractivity (Wildman–Crippen MR) is 105 cm³/mol. The molecule has 1 saturated heterocycles. The van der Waals surface area contributed by atoms with Gasteiger partial charge in [-0.3, -0.25) is 14.4 Å². The van der Waals surface area contributed by atoms with Crippen LogP contribution in [0.15, 0.2) is 23.1 Å². The van der Waals surface area contributed by atoms with Crippen molar-refractivity contribution in [2.45, 2.75) is 38.0 Å². The van der Waals surface area contributed by atoms with Crippen LogP contribution >= 0.6 is 0 Å². The molecule has 1 aromatic heterocycles. The number of hydrogen-bond acceptors (Lipinski definition) is 5. The van der Waals surface area contributed by atoms with E-state index in [-0.39, 0.29) is 18.7 Å². The van der Waals surface area contributed by atoms with E-state index in [4.69, 9.17) is 0 Å². The third-order valence-electron chi connectivity index (χ3n) is 5.81.